The third-order valence-corrected chi connectivity index (χ3v) is 3.76. The maximum absolute atomic E-state index is 12.3. The van der Waals surface area contributed by atoms with Gasteiger partial charge in [0.1, 0.15) is 6.10 Å². The van der Waals surface area contributed by atoms with Crippen LogP contribution in [0, 0.1) is 0 Å². The van der Waals surface area contributed by atoms with Crippen LogP contribution in [0.1, 0.15) is 30.6 Å². The summed E-state index contributed by atoms with van der Waals surface area (Å²) >= 11 is 4.36. The van der Waals surface area contributed by atoms with E-state index in [1.54, 1.807) is 6.20 Å². The maximum atomic E-state index is 12.3. The summed E-state index contributed by atoms with van der Waals surface area (Å²) in [6.45, 7) is 1.90. The number of alkyl halides is 3. The van der Waals surface area contributed by atoms with E-state index in [-0.39, 0.29) is 11.4 Å². The molecule has 1 aromatic rings. The molecule has 0 amide bonds. The maximum Gasteiger partial charge on any atom is 0.401 e. The Morgan fingerprint density at radius 2 is 2.10 bits per heavy atom. The highest BCUT2D eigenvalue weighted by Gasteiger charge is 2.32. The van der Waals surface area contributed by atoms with Crippen LogP contribution in [0.5, 0.6) is 5.88 Å². The Bertz CT molecular complexity index is 460. The van der Waals surface area contributed by atoms with E-state index in [4.69, 9.17) is 4.74 Å². The first kappa shape index (κ1) is 16.4. The van der Waals surface area contributed by atoms with Crippen molar-refractivity contribution in [3.05, 3.63) is 23.9 Å². The minimum absolute atomic E-state index is 0.0764. The number of ether oxygens (including phenoxy) is 1. The third-order valence-electron chi connectivity index (χ3n) is 3.47. The molecule has 2 rings (SSSR count). The van der Waals surface area contributed by atoms with E-state index >= 15 is 0 Å². The van der Waals surface area contributed by atoms with Crippen LogP contribution >= 0.6 is 12.6 Å². The van der Waals surface area contributed by atoms with E-state index in [1.165, 1.54) is 4.90 Å². The molecule has 1 fully saturated rings. The van der Waals surface area contributed by atoms with E-state index < -0.39 is 12.7 Å². The molecule has 0 bridgehead atoms. The third kappa shape index (κ3) is 5.39. The van der Waals surface area contributed by atoms with Gasteiger partial charge < -0.3 is 4.74 Å². The number of thiol groups is 1. The summed E-state index contributed by atoms with van der Waals surface area (Å²) in [4.78, 5) is 5.56. The lowest BCUT2D eigenvalue weighted by molar-refractivity contribution is -0.149. The van der Waals surface area contributed by atoms with Gasteiger partial charge in [-0.25, -0.2) is 4.98 Å². The SMILES string of the molecule is CC(S)c1ccnc(OC2CCN(CC(F)(F)F)CC2)c1. The molecule has 1 atom stereocenters. The second kappa shape index (κ2) is 6.87. The number of halogens is 3. The number of nitrogens with zero attached hydrogens (tertiary/aromatic N) is 2. The lowest BCUT2D eigenvalue weighted by atomic mass is 10.1. The van der Waals surface area contributed by atoms with Crippen LogP contribution in [0.25, 0.3) is 0 Å². The number of hydrogen-bond acceptors (Lipinski definition) is 4. The summed E-state index contributed by atoms with van der Waals surface area (Å²) < 4.78 is 42.7. The summed E-state index contributed by atoms with van der Waals surface area (Å²) in [6.07, 6.45) is -1.38. The van der Waals surface area contributed by atoms with Gasteiger partial charge in [0, 0.05) is 30.6 Å². The molecular formula is C14H19F3N2OS. The highest BCUT2D eigenvalue weighted by molar-refractivity contribution is 7.80. The average Bonchev–Trinajstić information content (AvgIpc) is 2.40. The van der Waals surface area contributed by atoms with Crippen molar-refractivity contribution in [3.8, 4) is 5.88 Å². The number of piperidine rings is 1. The Morgan fingerprint density at radius 3 is 2.67 bits per heavy atom. The number of aromatic nitrogens is 1. The summed E-state index contributed by atoms with van der Waals surface area (Å²) in [6, 6.07) is 3.70. The zero-order valence-corrected chi connectivity index (χ0v) is 12.7. The van der Waals surface area contributed by atoms with Crippen molar-refractivity contribution in [1.82, 2.24) is 9.88 Å². The zero-order valence-electron chi connectivity index (χ0n) is 11.8. The van der Waals surface area contributed by atoms with Gasteiger partial charge in [0.15, 0.2) is 0 Å². The van der Waals surface area contributed by atoms with Crippen molar-refractivity contribution in [1.29, 1.82) is 0 Å². The van der Waals surface area contributed by atoms with Crippen LogP contribution in [0.2, 0.25) is 0 Å². The first-order valence-electron chi connectivity index (χ1n) is 6.93. The monoisotopic (exact) mass is 320 g/mol. The van der Waals surface area contributed by atoms with Crippen molar-refractivity contribution < 1.29 is 17.9 Å². The van der Waals surface area contributed by atoms with Gasteiger partial charge in [-0.15, -0.1) is 0 Å². The fraction of sp³-hybridized carbons (Fsp3) is 0.643. The number of rotatable bonds is 4. The molecule has 0 aliphatic carbocycles. The van der Waals surface area contributed by atoms with Gasteiger partial charge in [0.25, 0.3) is 0 Å². The van der Waals surface area contributed by atoms with Crippen molar-refractivity contribution >= 4 is 12.6 Å². The Kier molecular flexibility index (Phi) is 5.37. The van der Waals surface area contributed by atoms with Crippen LogP contribution in [-0.2, 0) is 0 Å². The largest absolute Gasteiger partial charge is 0.474 e. The highest BCUT2D eigenvalue weighted by Crippen LogP contribution is 2.24. The fourth-order valence-electron chi connectivity index (χ4n) is 2.36. The first-order chi connectivity index (χ1) is 9.83. The minimum Gasteiger partial charge on any atom is -0.474 e. The Morgan fingerprint density at radius 1 is 1.43 bits per heavy atom. The predicted molar refractivity (Wildman–Crippen MR) is 77.8 cm³/mol. The average molecular weight is 320 g/mol. The smallest absolute Gasteiger partial charge is 0.401 e. The molecule has 0 N–H and O–H groups in total. The molecule has 2 heterocycles. The lowest BCUT2D eigenvalue weighted by Gasteiger charge is -2.32. The van der Waals surface area contributed by atoms with Crippen molar-refractivity contribution in [3.63, 3.8) is 0 Å². The minimum atomic E-state index is -4.13. The Balaban J connectivity index is 1.85. The van der Waals surface area contributed by atoms with E-state index in [0.717, 1.165) is 5.56 Å². The lowest BCUT2D eigenvalue weighted by Crippen LogP contribution is -2.42. The fourth-order valence-corrected chi connectivity index (χ4v) is 2.52. The van der Waals surface area contributed by atoms with Gasteiger partial charge in [-0.2, -0.15) is 25.8 Å². The summed E-state index contributed by atoms with van der Waals surface area (Å²) in [5, 5.41) is 0.0870. The van der Waals surface area contributed by atoms with E-state index in [1.807, 2.05) is 19.1 Å². The molecular weight excluding hydrogens is 301 g/mol. The van der Waals surface area contributed by atoms with Crippen LogP contribution in [0.3, 0.4) is 0 Å². The molecule has 1 saturated heterocycles. The van der Waals surface area contributed by atoms with Gasteiger partial charge in [-0.1, -0.05) is 0 Å². The molecule has 118 valence electrons. The standard InChI is InChI=1S/C14H19F3N2OS/c1-10(21)11-2-5-18-13(8-11)20-12-3-6-19(7-4-12)9-14(15,16)17/h2,5,8,10,12,21H,3-4,6-7,9H2,1H3. The molecule has 1 unspecified atom stereocenters. The zero-order chi connectivity index (χ0) is 15.5. The van der Waals surface area contributed by atoms with Gasteiger partial charge >= 0.3 is 6.18 Å². The van der Waals surface area contributed by atoms with Gasteiger partial charge in [0.2, 0.25) is 5.88 Å². The Hall–Kier alpha value is -0.950. The van der Waals surface area contributed by atoms with E-state index in [2.05, 4.69) is 17.6 Å². The summed E-state index contributed by atoms with van der Waals surface area (Å²) in [7, 11) is 0. The number of pyridine rings is 1. The number of likely N-dealkylation sites (tertiary alicyclic amines) is 1. The van der Waals surface area contributed by atoms with Gasteiger partial charge in [-0.05, 0) is 31.4 Å². The highest BCUT2D eigenvalue weighted by atomic mass is 32.1. The first-order valence-corrected chi connectivity index (χ1v) is 7.45. The molecule has 0 saturated carbocycles. The summed E-state index contributed by atoms with van der Waals surface area (Å²) in [5.41, 5.74) is 1.01. The molecule has 0 spiro atoms. The molecule has 1 aromatic heterocycles. The second-order valence-corrected chi connectivity index (χ2v) is 6.09. The van der Waals surface area contributed by atoms with Crippen molar-refractivity contribution in [2.75, 3.05) is 19.6 Å². The van der Waals surface area contributed by atoms with Crippen molar-refractivity contribution in [2.24, 2.45) is 0 Å². The molecule has 0 radical (unpaired) electrons. The van der Waals surface area contributed by atoms with Gasteiger partial charge in [-0.3, -0.25) is 4.90 Å². The molecule has 21 heavy (non-hydrogen) atoms. The van der Waals surface area contributed by atoms with E-state index in [0.29, 0.717) is 31.8 Å². The van der Waals surface area contributed by atoms with Crippen molar-refractivity contribution in [2.45, 2.75) is 37.3 Å². The second-order valence-electron chi connectivity index (χ2n) is 5.31. The molecule has 0 aromatic carbocycles. The van der Waals surface area contributed by atoms with Crippen LogP contribution < -0.4 is 4.74 Å². The normalized spacial score (nSPS) is 19.5. The molecule has 7 heteroatoms. The number of hydrogen-bond donors (Lipinski definition) is 1. The van der Waals surface area contributed by atoms with Crippen LogP contribution in [-0.4, -0.2) is 41.8 Å². The van der Waals surface area contributed by atoms with Crippen LogP contribution in [0.15, 0.2) is 18.3 Å². The van der Waals surface area contributed by atoms with E-state index in [9.17, 15) is 13.2 Å². The Labute approximate surface area is 127 Å². The quantitative estimate of drug-likeness (QED) is 0.860. The molecule has 1 aliphatic rings. The molecule has 3 nitrogen and oxygen atoms in total. The molecule has 1 aliphatic heterocycles. The summed E-state index contributed by atoms with van der Waals surface area (Å²) in [5.74, 6) is 0.516. The topological polar surface area (TPSA) is 25.4 Å². The van der Waals surface area contributed by atoms with Crippen LogP contribution in [0.4, 0.5) is 13.2 Å². The van der Waals surface area contributed by atoms with Gasteiger partial charge in [0.05, 0.1) is 6.54 Å². The predicted octanol–water partition coefficient (Wildman–Crippen LogP) is 3.48.